The molecule has 1 aromatic carbocycles. The number of benzene rings is 1. The van der Waals surface area contributed by atoms with Gasteiger partial charge in [-0.1, -0.05) is 13.8 Å². The van der Waals surface area contributed by atoms with Crippen LogP contribution in [0.4, 0.5) is 11.4 Å². The maximum Gasteiger partial charge on any atom is 0.357 e. The molecule has 0 spiro atoms. The molecule has 0 atom stereocenters. The number of nitrogens with one attached hydrogen (secondary N) is 1. The number of esters is 1. The van der Waals surface area contributed by atoms with Crippen LogP contribution in [0.2, 0.25) is 0 Å². The lowest BCUT2D eigenvalue weighted by atomic mass is 10.2. The van der Waals surface area contributed by atoms with E-state index in [1.807, 2.05) is 6.07 Å². The van der Waals surface area contributed by atoms with Gasteiger partial charge in [-0.3, -0.25) is 4.79 Å². The zero-order chi connectivity index (χ0) is 17.9. The van der Waals surface area contributed by atoms with Gasteiger partial charge in [-0.2, -0.15) is 5.26 Å². The summed E-state index contributed by atoms with van der Waals surface area (Å²) in [6.07, 6.45) is 1.48. The number of nitriles is 1. The van der Waals surface area contributed by atoms with Crippen LogP contribution in [0.5, 0.6) is 0 Å². The predicted molar refractivity (Wildman–Crippen MR) is 89.7 cm³/mol. The van der Waals surface area contributed by atoms with E-state index in [1.165, 1.54) is 17.9 Å². The van der Waals surface area contributed by atoms with Crippen LogP contribution in [0.15, 0.2) is 30.5 Å². The highest BCUT2D eigenvalue weighted by Gasteiger charge is 2.21. The third-order valence-electron chi connectivity index (χ3n) is 3.48. The number of carbonyl (C=O) groups excluding carboxylic acids is 2. The van der Waals surface area contributed by atoms with Gasteiger partial charge in [0.1, 0.15) is 6.07 Å². The maximum atomic E-state index is 12.0. The van der Waals surface area contributed by atoms with Crippen molar-refractivity contribution in [1.29, 1.82) is 5.26 Å². The van der Waals surface area contributed by atoms with Gasteiger partial charge in [-0.05, 0) is 24.3 Å². The Hall–Kier alpha value is -3.27. The molecule has 1 amide bonds. The highest BCUT2D eigenvalue weighted by atomic mass is 16.5. The molecular formula is C17H18N4O3. The molecular weight excluding hydrogens is 308 g/mol. The number of nitrogens with zero attached hydrogens (tertiary/aromatic N) is 2. The van der Waals surface area contributed by atoms with Gasteiger partial charge in [0.15, 0.2) is 5.69 Å². The molecule has 0 unspecified atom stereocenters. The number of carbonyl (C=O) groups is 2. The van der Waals surface area contributed by atoms with Gasteiger partial charge in [0.05, 0.1) is 18.4 Å². The lowest BCUT2D eigenvalue weighted by Gasteiger charge is -2.11. The standard InChI is InChI=1S/C17H18N4O3/c1-10(2)16(22)20-12-4-6-13(7-5-12)21-9-11(8-18)14(19)15(21)17(23)24-3/h4-7,9-10H,19H2,1-3H3,(H,20,22). The lowest BCUT2D eigenvalue weighted by molar-refractivity contribution is -0.118. The van der Waals surface area contributed by atoms with Crippen molar-refractivity contribution in [1.82, 2.24) is 4.57 Å². The molecule has 0 bridgehead atoms. The number of rotatable bonds is 4. The monoisotopic (exact) mass is 326 g/mol. The van der Waals surface area contributed by atoms with Crippen LogP contribution in [0.3, 0.4) is 0 Å². The highest BCUT2D eigenvalue weighted by Crippen LogP contribution is 2.25. The Morgan fingerprint density at radius 2 is 1.92 bits per heavy atom. The van der Waals surface area contributed by atoms with Crippen molar-refractivity contribution in [2.45, 2.75) is 13.8 Å². The van der Waals surface area contributed by atoms with E-state index >= 15 is 0 Å². The van der Waals surface area contributed by atoms with Gasteiger partial charge >= 0.3 is 5.97 Å². The topological polar surface area (TPSA) is 110 Å². The summed E-state index contributed by atoms with van der Waals surface area (Å²) < 4.78 is 6.23. The van der Waals surface area contributed by atoms with E-state index in [-0.39, 0.29) is 28.8 Å². The van der Waals surface area contributed by atoms with Crippen LogP contribution in [-0.4, -0.2) is 23.6 Å². The van der Waals surface area contributed by atoms with Gasteiger partial charge in [-0.25, -0.2) is 4.79 Å². The van der Waals surface area contributed by atoms with Crippen LogP contribution in [-0.2, 0) is 9.53 Å². The molecule has 0 fully saturated rings. The third-order valence-corrected chi connectivity index (χ3v) is 3.48. The van der Waals surface area contributed by atoms with E-state index in [9.17, 15) is 9.59 Å². The Morgan fingerprint density at radius 3 is 2.42 bits per heavy atom. The molecule has 3 N–H and O–H groups in total. The zero-order valence-corrected chi connectivity index (χ0v) is 13.7. The van der Waals surface area contributed by atoms with Crippen molar-refractivity contribution in [3.05, 3.63) is 41.7 Å². The first-order valence-electron chi connectivity index (χ1n) is 7.29. The van der Waals surface area contributed by atoms with E-state index < -0.39 is 5.97 Å². The number of ether oxygens (including phenoxy) is 1. The fourth-order valence-corrected chi connectivity index (χ4v) is 2.11. The van der Waals surface area contributed by atoms with Crippen molar-refractivity contribution in [2.75, 3.05) is 18.2 Å². The second kappa shape index (κ2) is 6.87. The molecule has 1 heterocycles. The van der Waals surface area contributed by atoms with Crippen molar-refractivity contribution >= 4 is 23.3 Å². The normalized spacial score (nSPS) is 10.3. The predicted octanol–water partition coefficient (Wildman–Crippen LogP) is 2.31. The molecule has 7 nitrogen and oxygen atoms in total. The van der Waals surface area contributed by atoms with E-state index in [2.05, 4.69) is 5.32 Å². The lowest BCUT2D eigenvalue weighted by Crippen LogP contribution is -2.17. The van der Waals surface area contributed by atoms with E-state index in [0.717, 1.165) is 0 Å². The summed E-state index contributed by atoms with van der Waals surface area (Å²) in [5, 5.41) is 11.9. The number of anilines is 2. The smallest absolute Gasteiger partial charge is 0.357 e. The fourth-order valence-electron chi connectivity index (χ4n) is 2.11. The van der Waals surface area contributed by atoms with Crippen LogP contribution >= 0.6 is 0 Å². The second-order valence-corrected chi connectivity index (χ2v) is 5.47. The molecule has 124 valence electrons. The van der Waals surface area contributed by atoms with E-state index in [4.69, 9.17) is 15.7 Å². The van der Waals surface area contributed by atoms with Gasteiger partial charge in [0.2, 0.25) is 5.91 Å². The largest absolute Gasteiger partial charge is 0.464 e. The number of nitrogens with two attached hydrogens (primary N) is 1. The minimum absolute atomic E-state index is 0.0709. The Bertz CT molecular complexity index is 814. The Balaban J connectivity index is 2.41. The number of hydrogen-bond acceptors (Lipinski definition) is 5. The summed E-state index contributed by atoms with van der Waals surface area (Å²) in [7, 11) is 1.25. The minimum Gasteiger partial charge on any atom is -0.464 e. The number of hydrogen-bond donors (Lipinski definition) is 2. The van der Waals surface area contributed by atoms with E-state index in [1.54, 1.807) is 38.1 Å². The summed E-state index contributed by atoms with van der Waals surface area (Å²) >= 11 is 0. The molecule has 0 aliphatic carbocycles. The Labute approximate surface area is 139 Å². The van der Waals surface area contributed by atoms with Crippen molar-refractivity contribution < 1.29 is 14.3 Å². The summed E-state index contributed by atoms with van der Waals surface area (Å²) in [5.74, 6) is -0.848. The number of methoxy groups -OCH3 is 1. The third kappa shape index (κ3) is 3.22. The molecule has 7 heteroatoms. The summed E-state index contributed by atoms with van der Waals surface area (Å²) in [4.78, 5) is 23.7. The molecule has 1 aromatic heterocycles. The highest BCUT2D eigenvalue weighted by molar-refractivity contribution is 5.96. The minimum atomic E-state index is -0.633. The van der Waals surface area contributed by atoms with Crippen molar-refractivity contribution in [3.8, 4) is 11.8 Å². The molecule has 0 saturated carbocycles. The van der Waals surface area contributed by atoms with Crippen molar-refractivity contribution in [3.63, 3.8) is 0 Å². The summed E-state index contributed by atoms with van der Waals surface area (Å²) in [6, 6.07) is 8.78. The molecule has 0 radical (unpaired) electrons. The molecule has 0 aliphatic heterocycles. The molecule has 2 rings (SSSR count). The van der Waals surface area contributed by atoms with Crippen LogP contribution < -0.4 is 11.1 Å². The van der Waals surface area contributed by atoms with Crippen LogP contribution in [0.1, 0.15) is 29.9 Å². The molecule has 2 aromatic rings. The Morgan fingerprint density at radius 1 is 1.29 bits per heavy atom. The van der Waals surface area contributed by atoms with Crippen LogP contribution in [0, 0.1) is 17.2 Å². The van der Waals surface area contributed by atoms with Gasteiger partial charge in [-0.15, -0.1) is 0 Å². The van der Waals surface area contributed by atoms with Gasteiger partial charge in [0, 0.05) is 23.5 Å². The average Bonchev–Trinajstić information content (AvgIpc) is 2.91. The van der Waals surface area contributed by atoms with Crippen molar-refractivity contribution in [2.24, 2.45) is 5.92 Å². The summed E-state index contributed by atoms with van der Waals surface area (Å²) in [6.45, 7) is 3.61. The van der Waals surface area contributed by atoms with Crippen LogP contribution in [0.25, 0.3) is 5.69 Å². The Kier molecular flexibility index (Phi) is 4.90. The van der Waals surface area contributed by atoms with E-state index in [0.29, 0.717) is 11.4 Å². The first-order valence-corrected chi connectivity index (χ1v) is 7.29. The molecule has 0 saturated heterocycles. The number of nitrogen functional groups attached to an aromatic ring is 1. The number of amides is 1. The molecule has 0 aliphatic rings. The second-order valence-electron chi connectivity index (χ2n) is 5.47. The average molecular weight is 326 g/mol. The first kappa shape index (κ1) is 17.1. The first-order chi connectivity index (χ1) is 11.4. The fraction of sp³-hybridized carbons (Fsp3) is 0.235. The SMILES string of the molecule is COC(=O)c1c(N)c(C#N)cn1-c1ccc(NC(=O)C(C)C)cc1. The quantitative estimate of drug-likeness (QED) is 0.838. The number of aromatic nitrogens is 1. The summed E-state index contributed by atoms with van der Waals surface area (Å²) in [5.41, 5.74) is 7.46. The van der Waals surface area contributed by atoms with Gasteiger partial charge < -0.3 is 20.4 Å². The molecule has 24 heavy (non-hydrogen) atoms. The maximum absolute atomic E-state index is 12.0. The van der Waals surface area contributed by atoms with Gasteiger partial charge in [0.25, 0.3) is 0 Å². The zero-order valence-electron chi connectivity index (χ0n) is 13.7.